The summed E-state index contributed by atoms with van der Waals surface area (Å²) in [6.45, 7) is 5.91. The zero-order valence-corrected chi connectivity index (χ0v) is 8.71. The minimum absolute atomic E-state index is 0.0503. The fourth-order valence-electron chi connectivity index (χ4n) is 1.46. The molecule has 0 heterocycles. The molecule has 1 aromatic rings. The number of halogens is 1. The Balaban J connectivity index is 2.88. The van der Waals surface area contributed by atoms with Gasteiger partial charge in [-0.1, -0.05) is 13.8 Å². The predicted octanol–water partition coefficient (Wildman–Crippen LogP) is 2.59. The summed E-state index contributed by atoms with van der Waals surface area (Å²) in [5, 5.41) is 12.7. The Labute approximate surface area is 83.8 Å². The number of benzene rings is 1. The maximum Gasteiger partial charge on any atom is 0.123 e. The molecule has 3 heteroatoms. The first-order valence-corrected chi connectivity index (χ1v) is 4.75. The van der Waals surface area contributed by atoms with Crippen LogP contribution in [0.3, 0.4) is 0 Å². The summed E-state index contributed by atoms with van der Waals surface area (Å²) >= 11 is 0. The monoisotopic (exact) mass is 197 g/mol. The summed E-state index contributed by atoms with van der Waals surface area (Å²) in [4.78, 5) is 0. The molecule has 14 heavy (non-hydrogen) atoms. The summed E-state index contributed by atoms with van der Waals surface area (Å²) in [6.07, 6.45) is 0. The number of phenols is 1. The van der Waals surface area contributed by atoms with E-state index in [9.17, 15) is 9.50 Å². The fraction of sp³-hybridized carbons (Fsp3) is 0.455. The molecule has 2 N–H and O–H groups in total. The highest BCUT2D eigenvalue weighted by atomic mass is 19.1. The molecule has 1 atom stereocenters. The van der Waals surface area contributed by atoms with Crippen molar-refractivity contribution >= 4 is 0 Å². The molecule has 0 saturated carbocycles. The van der Waals surface area contributed by atoms with E-state index < -0.39 is 0 Å². The van der Waals surface area contributed by atoms with E-state index in [-0.39, 0.29) is 17.6 Å². The maximum absolute atomic E-state index is 12.9. The Morgan fingerprint density at radius 1 is 1.29 bits per heavy atom. The topological polar surface area (TPSA) is 32.3 Å². The lowest BCUT2D eigenvalue weighted by atomic mass is 10.1. The van der Waals surface area contributed by atoms with E-state index in [1.807, 2.05) is 20.8 Å². The lowest BCUT2D eigenvalue weighted by molar-refractivity contribution is 0.438. The number of phenolic OH excluding ortho intramolecular Hbond substituents is 1. The van der Waals surface area contributed by atoms with Crippen LogP contribution in [-0.2, 0) is 0 Å². The highest BCUT2D eigenvalue weighted by molar-refractivity contribution is 5.34. The average Bonchev–Trinajstić information content (AvgIpc) is 2.08. The summed E-state index contributed by atoms with van der Waals surface area (Å²) in [6, 6.07) is 4.23. The quantitative estimate of drug-likeness (QED) is 0.780. The van der Waals surface area contributed by atoms with Crippen molar-refractivity contribution in [2.45, 2.75) is 32.9 Å². The van der Waals surface area contributed by atoms with Crippen molar-refractivity contribution in [1.29, 1.82) is 0 Å². The normalized spacial score (nSPS) is 13.2. The van der Waals surface area contributed by atoms with Gasteiger partial charge in [-0.3, -0.25) is 0 Å². The first-order valence-electron chi connectivity index (χ1n) is 4.75. The van der Waals surface area contributed by atoms with Gasteiger partial charge < -0.3 is 10.4 Å². The maximum atomic E-state index is 12.9. The van der Waals surface area contributed by atoms with E-state index in [0.717, 1.165) is 0 Å². The number of rotatable bonds is 3. The molecule has 0 aromatic heterocycles. The molecule has 0 aliphatic rings. The zero-order valence-electron chi connectivity index (χ0n) is 8.71. The van der Waals surface area contributed by atoms with E-state index in [1.54, 1.807) is 0 Å². The molecule has 0 bridgehead atoms. The number of aromatic hydroxyl groups is 1. The largest absolute Gasteiger partial charge is 0.508 e. The van der Waals surface area contributed by atoms with Gasteiger partial charge in [0, 0.05) is 17.6 Å². The van der Waals surface area contributed by atoms with Crippen LogP contribution in [0.4, 0.5) is 4.39 Å². The molecule has 2 nitrogen and oxygen atoms in total. The SMILES string of the molecule is CC(C)NC(C)c1cc(F)ccc1O. The fourth-order valence-corrected chi connectivity index (χ4v) is 1.46. The molecule has 0 fully saturated rings. The van der Waals surface area contributed by atoms with Crippen LogP contribution in [0.2, 0.25) is 0 Å². The van der Waals surface area contributed by atoms with Gasteiger partial charge in [0.25, 0.3) is 0 Å². The Morgan fingerprint density at radius 3 is 2.50 bits per heavy atom. The summed E-state index contributed by atoms with van der Waals surface area (Å²) in [7, 11) is 0. The standard InChI is InChI=1S/C11H16FNO/c1-7(2)13-8(3)10-6-9(12)4-5-11(10)14/h4-8,13-14H,1-3H3. The number of hydrogen-bond acceptors (Lipinski definition) is 2. The molecule has 1 aromatic carbocycles. The smallest absolute Gasteiger partial charge is 0.123 e. The molecule has 0 radical (unpaired) electrons. The molecule has 1 rings (SSSR count). The molecular weight excluding hydrogens is 181 g/mol. The molecule has 0 aliphatic heterocycles. The minimum atomic E-state index is -0.324. The van der Waals surface area contributed by atoms with Crippen LogP contribution in [0.15, 0.2) is 18.2 Å². The van der Waals surface area contributed by atoms with E-state index in [2.05, 4.69) is 5.32 Å². The molecule has 0 aliphatic carbocycles. The van der Waals surface area contributed by atoms with E-state index in [0.29, 0.717) is 11.6 Å². The van der Waals surface area contributed by atoms with Gasteiger partial charge in [-0.05, 0) is 25.1 Å². The predicted molar refractivity (Wildman–Crippen MR) is 54.8 cm³/mol. The minimum Gasteiger partial charge on any atom is -0.508 e. The third-order valence-electron chi connectivity index (χ3n) is 2.04. The zero-order chi connectivity index (χ0) is 10.7. The molecule has 1 unspecified atom stereocenters. The van der Waals surface area contributed by atoms with Crippen LogP contribution in [0, 0.1) is 5.82 Å². The van der Waals surface area contributed by atoms with Gasteiger partial charge in [0.15, 0.2) is 0 Å². The Kier molecular flexibility index (Phi) is 3.47. The number of hydrogen-bond donors (Lipinski definition) is 2. The molecule has 78 valence electrons. The van der Waals surface area contributed by atoms with Gasteiger partial charge in [0.2, 0.25) is 0 Å². The molecule has 0 amide bonds. The van der Waals surface area contributed by atoms with Crippen LogP contribution in [-0.4, -0.2) is 11.1 Å². The number of nitrogens with one attached hydrogen (secondary N) is 1. The van der Waals surface area contributed by atoms with Crippen LogP contribution < -0.4 is 5.32 Å². The van der Waals surface area contributed by atoms with Crippen molar-refractivity contribution in [1.82, 2.24) is 5.32 Å². The third-order valence-corrected chi connectivity index (χ3v) is 2.04. The van der Waals surface area contributed by atoms with Gasteiger partial charge >= 0.3 is 0 Å². The average molecular weight is 197 g/mol. The Morgan fingerprint density at radius 2 is 1.93 bits per heavy atom. The molecule has 0 saturated heterocycles. The van der Waals surface area contributed by atoms with E-state index >= 15 is 0 Å². The van der Waals surface area contributed by atoms with E-state index in [4.69, 9.17) is 0 Å². The van der Waals surface area contributed by atoms with Crippen LogP contribution in [0.5, 0.6) is 5.75 Å². The highest BCUT2D eigenvalue weighted by Crippen LogP contribution is 2.24. The first kappa shape index (κ1) is 11.0. The van der Waals surface area contributed by atoms with Gasteiger partial charge in [0.1, 0.15) is 11.6 Å². The van der Waals surface area contributed by atoms with Crippen molar-refractivity contribution in [2.24, 2.45) is 0 Å². The van der Waals surface area contributed by atoms with Crippen molar-refractivity contribution in [3.8, 4) is 5.75 Å². The van der Waals surface area contributed by atoms with Crippen molar-refractivity contribution < 1.29 is 9.50 Å². The summed E-state index contributed by atoms with van der Waals surface area (Å²) in [5.74, 6) is -0.192. The Hall–Kier alpha value is -1.09. The van der Waals surface area contributed by atoms with Crippen molar-refractivity contribution in [3.05, 3.63) is 29.6 Å². The van der Waals surface area contributed by atoms with Gasteiger partial charge in [-0.25, -0.2) is 4.39 Å². The lowest BCUT2D eigenvalue weighted by Crippen LogP contribution is -2.26. The summed E-state index contributed by atoms with van der Waals surface area (Å²) < 4.78 is 12.9. The van der Waals surface area contributed by atoms with Gasteiger partial charge in [-0.2, -0.15) is 0 Å². The summed E-state index contributed by atoms with van der Waals surface area (Å²) in [5.41, 5.74) is 0.596. The second-order valence-corrected chi connectivity index (χ2v) is 3.75. The third kappa shape index (κ3) is 2.70. The van der Waals surface area contributed by atoms with Gasteiger partial charge in [-0.15, -0.1) is 0 Å². The van der Waals surface area contributed by atoms with E-state index in [1.165, 1.54) is 18.2 Å². The second kappa shape index (κ2) is 4.42. The first-order chi connectivity index (χ1) is 6.50. The second-order valence-electron chi connectivity index (χ2n) is 3.75. The van der Waals surface area contributed by atoms with Crippen molar-refractivity contribution in [3.63, 3.8) is 0 Å². The highest BCUT2D eigenvalue weighted by Gasteiger charge is 2.11. The van der Waals surface area contributed by atoms with Crippen LogP contribution in [0.25, 0.3) is 0 Å². The van der Waals surface area contributed by atoms with Crippen LogP contribution >= 0.6 is 0 Å². The van der Waals surface area contributed by atoms with Gasteiger partial charge in [0.05, 0.1) is 0 Å². The Bertz CT molecular complexity index is 312. The molecule has 0 spiro atoms. The lowest BCUT2D eigenvalue weighted by Gasteiger charge is -2.18. The van der Waals surface area contributed by atoms with Crippen molar-refractivity contribution in [2.75, 3.05) is 0 Å². The molecular formula is C11H16FNO. The van der Waals surface area contributed by atoms with Crippen LogP contribution in [0.1, 0.15) is 32.4 Å².